The van der Waals surface area contributed by atoms with Crippen molar-refractivity contribution in [3.05, 3.63) is 22.4 Å². The summed E-state index contributed by atoms with van der Waals surface area (Å²) < 4.78 is 0. The highest BCUT2D eigenvalue weighted by Crippen LogP contribution is 2.04. The van der Waals surface area contributed by atoms with Crippen molar-refractivity contribution >= 4 is 17.4 Å². The molecule has 0 atom stereocenters. The first-order valence-electron chi connectivity index (χ1n) is 4.24. The van der Waals surface area contributed by atoms with Crippen LogP contribution >= 0.6 is 11.3 Å². The maximum Gasteiger partial charge on any atom is 0.315 e. The van der Waals surface area contributed by atoms with E-state index in [-0.39, 0.29) is 12.1 Å². The highest BCUT2D eigenvalue weighted by atomic mass is 32.1. The Morgan fingerprint density at radius 1 is 1.62 bits per heavy atom. The van der Waals surface area contributed by atoms with Crippen molar-refractivity contribution in [1.29, 1.82) is 0 Å². The Hall–Kier alpha value is -1.03. The maximum atomic E-state index is 11.1. The van der Waals surface area contributed by atoms with Gasteiger partial charge in [0.25, 0.3) is 0 Å². The molecule has 0 spiro atoms. The van der Waals surface area contributed by atoms with Crippen LogP contribution in [0, 0.1) is 0 Å². The van der Waals surface area contributed by atoms with Crippen molar-refractivity contribution < 1.29 is 4.79 Å². The standard InChI is InChI=1S/C9H14N2OS/c1-7(2)11-9(12)10-5-8-3-4-13-6-8/h3-4,6-7H,5H2,1-2H3,(H2,10,11,12). The van der Waals surface area contributed by atoms with Crippen molar-refractivity contribution in [1.82, 2.24) is 10.6 Å². The topological polar surface area (TPSA) is 41.1 Å². The lowest BCUT2D eigenvalue weighted by Gasteiger charge is -2.08. The minimum absolute atomic E-state index is 0.110. The summed E-state index contributed by atoms with van der Waals surface area (Å²) in [4.78, 5) is 11.1. The molecule has 0 aliphatic rings. The van der Waals surface area contributed by atoms with E-state index in [2.05, 4.69) is 10.6 Å². The van der Waals surface area contributed by atoms with Crippen molar-refractivity contribution in [2.45, 2.75) is 26.4 Å². The average Bonchev–Trinajstić information content (AvgIpc) is 2.51. The Morgan fingerprint density at radius 3 is 2.92 bits per heavy atom. The van der Waals surface area contributed by atoms with Crippen LogP contribution in [-0.2, 0) is 6.54 Å². The lowest BCUT2D eigenvalue weighted by atomic mass is 10.3. The zero-order valence-corrected chi connectivity index (χ0v) is 8.65. The van der Waals surface area contributed by atoms with Gasteiger partial charge >= 0.3 is 6.03 Å². The van der Waals surface area contributed by atoms with E-state index in [4.69, 9.17) is 0 Å². The van der Waals surface area contributed by atoms with Crippen molar-refractivity contribution in [2.24, 2.45) is 0 Å². The Bertz CT molecular complexity index is 257. The van der Waals surface area contributed by atoms with E-state index >= 15 is 0 Å². The molecule has 0 radical (unpaired) electrons. The van der Waals surface area contributed by atoms with E-state index < -0.39 is 0 Å². The third kappa shape index (κ3) is 3.94. The number of hydrogen-bond acceptors (Lipinski definition) is 2. The van der Waals surface area contributed by atoms with Crippen LogP contribution in [0.5, 0.6) is 0 Å². The van der Waals surface area contributed by atoms with Gasteiger partial charge < -0.3 is 10.6 Å². The van der Waals surface area contributed by atoms with E-state index in [1.807, 2.05) is 30.7 Å². The summed E-state index contributed by atoms with van der Waals surface area (Å²) in [5.41, 5.74) is 1.14. The van der Waals surface area contributed by atoms with Gasteiger partial charge in [-0.1, -0.05) is 0 Å². The zero-order chi connectivity index (χ0) is 9.68. The number of hydrogen-bond donors (Lipinski definition) is 2. The molecule has 13 heavy (non-hydrogen) atoms. The fourth-order valence-corrected chi connectivity index (χ4v) is 1.56. The summed E-state index contributed by atoms with van der Waals surface area (Å²) in [6.07, 6.45) is 0. The lowest BCUT2D eigenvalue weighted by molar-refractivity contribution is 0.238. The number of nitrogens with one attached hydrogen (secondary N) is 2. The van der Waals surface area contributed by atoms with Gasteiger partial charge in [-0.25, -0.2) is 4.79 Å². The molecule has 0 fully saturated rings. The number of carbonyl (C=O) groups excluding carboxylic acids is 1. The average molecular weight is 198 g/mol. The number of carbonyl (C=O) groups is 1. The monoisotopic (exact) mass is 198 g/mol. The van der Waals surface area contributed by atoms with Crippen molar-refractivity contribution in [2.75, 3.05) is 0 Å². The summed E-state index contributed by atoms with van der Waals surface area (Å²) in [5.74, 6) is 0. The fraction of sp³-hybridized carbons (Fsp3) is 0.444. The largest absolute Gasteiger partial charge is 0.336 e. The number of thiophene rings is 1. The van der Waals surface area contributed by atoms with Gasteiger partial charge in [0.1, 0.15) is 0 Å². The van der Waals surface area contributed by atoms with E-state index in [1.165, 1.54) is 0 Å². The van der Waals surface area contributed by atoms with E-state index in [0.29, 0.717) is 6.54 Å². The molecule has 0 aliphatic heterocycles. The van der Waals surface area contributed by atoms with Gasteiger partial charge in [0.2, 0.25) is 0 Å². The van der Waals surface area contributed by atoms with Gasteiger partial charge in [-0.2, -0.15) is 11.3 Å². The van der Waals surface area contributed by atoms with Crippen LogP contribution in [0.4, 0.5) is 4.79 Å². The first-order chi connectivity index (χ1) is 6.18. The molecular weight excluding hydrogens is 184 g/mol. The van der Waals surface area contributed by atoms with Gasteiger partial charge in [-0.3, -0.25) is 0 Å². The lowest BCUT2D eigenvalue weighted by Crippen LogP contribution is -2.38. The van der Waals surface area contributed by atoms with E-state index in [9.17, 15) is 4.79 Å². The second-order valence-corrected chi connectivity index (χ2v) is 3.89. The summed E-state index contributed by atoms with van der Waals surface area (Å²) in [5, 5.41) is 9.55. The Kier molecular flexibility index (Phi) is 3.76. The molecular formula is C9H14N2OS. The molecule has 0 unspecified atom stereocenters. The molecule has 1 heterocycles. The molecule has 0 saturated carbocycles. The molecule has 3 nitrogen and oxygen atoms in total. The first kappa shape index (κ1) is 10.1. The Labute approximate surface area is 82.2 Å². The summed E-state index contributed by atoms with van der Waals surface area (Å²) >= 11 is 1.63. The van der Waals surface area contributed by atoms with Crippen LogP contribution in [0.2, 0.25) is 0 Å². The fourth-order valence-electron chi connectivity index (χ4n) is 0.889. The molecule has 72 valence electrons. The SMILES string of the molecule is CC(C)NC(=O)NCc1ccsc1. The molecule has 0 saturated heterocycles. The number of rotatable bonds is 3. The minimum Gasteiger partial charge on any atom is -0.336 e. The molecule has 1 aromatic heterocycles. The van der Waals surface area contributed by atoms with E-state index in [1.54, 1.807) is 11.3 Å². The molecule has 1 aromatic rings. The predicted molar refractivity (Wildman–Crippen MR) is 54.8 cm³/mol. The van der Waals surface area contributed by atoms with Crippen LogP contribution in [0.25, 0.3) is 0 Å². The predicted octanol–water partition coefficient (Wildman–Crippen LogP) is 1.96. The number of urea groups is 1. The molecule has 4 heteroatoms. The smallest absolute Gasteiger partial charge is 0.315 e. The third-order valence-electron chi connectivity index (χ3n) is 1.45. The zero-order valence-electron chi connectivity index (χ0n) is 7.83. The van der Waals surface area contributed by atoms with Crippen LogP contribution in [0.15, 0.2) is 16.8 Å². The highest BCUT2D eigenvalue weighted by Gasteiger charge is 2.01. The first-order valence-corrected chi connectivity index (χ1v) is 5.18. The van der Waals surface area contributed by atoms with E-state index in [0.717, 1.165) is 5.56 Å². The number of amides is 2. The maximum absolute atomic E-state index is 11.1. The van der Waals surface area contributed by atoms with Crippen LogP contribution in [0.1, 0.15) is 19.4 Å². The van der Waals surface area contributed by atoms with Gasteiger partial charge in [-0.05, 0) is 36.2 Å². The van der Waals surface area contributed by atoms with Crippen LogP contribution < -0.4 is 10.6 Å². The van der Waals surface area contributed by atoms with Crippen LogP contribution in [-0.4, -0.2) is 12.1 Å². The van der Waals surface area contributed by atoms with Gasteiger partial charge in [0, 0.05) is 12.6 Å². The second kappa shape index (κ2) is 4.87. The summed E-state index contributed by atoms with van der Waals surface area (Å²) in [7, 11) is 0. The Balaban J connectivity index is 2.23. The Morgan fingerprint density at radius 2 is 2.38 bits per heavy atom. The quantitative estimate of drug-likeness (QED) is 0.766. The van der Waals surface area contributed by atoms with Gasteiger partial charge in [0.05, 0.1) is 0 Å². The molecule has 0 aromatic carbocycles. The molecule has 1 rings (SSSR count). The second-order valence-electron chi connectivity index (χ2n) is 3.11. The third-order valence-corrected chi connectivity index (χ3v) is 2.18. The molecule has 0 aliphatic carbocycles. The van der Waals surface area contributed by atoms with Gasteiger partial charge in [0.15, 0.2) is 0 Å². The normalized spacial score (nSPS) is 10.1. The summed E-state index contributed by atoms with van der Waals surface area (Å²) in [6, 6.07) is 2.07. The van der Waals surface area contributed by atoms with Gasteiger partial charge in [-0.15, -0.1) is 0 Å². The molecule has 2 amide bonds. The van der Waals surface area contributed by atoms with Crippen LogP contribution in [0.3, 0.4) is 0 Å². The minimum atomic E-state index is -0.110. The molecule has 2 N–H and O–H groups in total. The molecule has 0 bridgehead atoms. The highest BCUT2D eigenvalue weighted by molar-refractivity contribution is 7.07. The van der Waals surface area contributed by atoms with Crippen molar-refractivity contribution in [3.8, 4) is 0 Å². The van der Waals surface area contributed by atoms with Crippen molar-refractivity contribution in [3.63, 3.8) is 0 Å². The summed E-state index contributed by atoms with van der Waals surface area (Å²) in [6.45, 7) is 4.47.